The standard InChI is InChI=1S/C21H24N4O3/c1-27-18-9-4-8-17(20(18)28-2)21(26)23-13-15-6-5-11-25(14-15)19-10-3-7-16(12-22)24-19/h3-4,7-10,15H,5-6,11,13-14H2,1-2H3,(H,23,26). The number of anilines is 1. The Hall–Kier alpha value is -3.27. The van der Waals surface area contributed by atoms with Crippen molar-refractivity contribution in [3.8, 4) is 17.6 Å². The Morgan fingerprint density at radius 1 is 1.29 bits per heavy atom. The third-order valence-corrected chi connectivity index (χ3v) is 4.89. The maximum absolute atomic E-state index is 12.7. The predicted molar refractivity (Wildman–Crippen MR) is 106 cm³/mol. The van der Waals surface area contributed by atoms with Gasteiger partial charge in [0.1, 0.15) is 17.6 Å². The molecule has 0 bridgehead atoms. The monoisotopic (exact) mass is 380 g/mol. The number of nitriles is 1. The number of hydrogen-bond acceptors (Lipinski definition) is 6. The molecule has 1 saturated heterocycles. The zero-order chi connectivity index (χ0) is 19.9. The van der Waals surface area contributed by atoms with Gasteiger partial charge in [-0.15, -0.1) is 0 Å². The van der Waals surface area contributed by atoms with Gasteiger partial charge >= 0.3 is 0 Å². The second-order valence-electron chi connectivity index (χ2n) is 6.70. The number of carbonyl (C=O) groups excluding carboxylic acids is 1. The Bertz CT molecular complexity index is 878. The summed E-state index contributed by atoms with van der Waals surface area (Å²) >= 11 is 0. The van der Waals surface area contributed by atoms with Crippen LogP contribution < -0.4 is 19.7 Å². The summed E-state index contributed by atoms with van der Waals surface area (Å²) in [7, 11) is 3.07. The number of pyridine rings is 1. The molecule has 1 aromatic heterocycles. The van der Waals surface area contributed by atoms with Gasteiger partial charge in [0, 0.05) is 19.6 Å². The number of rotatable bonds is 6. The molecule has 1 aliphatic rings. The number of nitrogens with zero attached hydrogens (tertiary/aromatic N) is 3. The zero-order valence-corrected chi connectivity index (χ0v) is 16.1. The summed E-state index contributed by atoms with van der Waals surface area (Å²) < 4.78 is 10.6. The van der Waals surface area contributed by atoms with Crippen molar-refractivity contribution in [2.45, 2.75) is 12.8 Å². The summed E-state index contributed by atoms with van der Waals surface area (Å²) in [5.74, 6) is 1.90. The average Bonchev–Trinajstić information content (AvgIpc) is 2.77. The second-order valence-corrected chi connectivity index (χ2v) is 6.70. The van der Waals surface area contributed by atoms with Crippen LogP contribution in [0.2, 0.25) is 0 Å². The Morgan fingerprint density at radius 2 is 2.11 bits per heavy atom. The maximum Gasteiger partial charge on any atom is 0.255 e. The molecule has 1 fully saturated rings. The first-order chi connectivity index (χ1) is 13.7. The minimum absolute atomic E-state index is 0.183. The number of piperidine rings is 1. The lowest BCUT2D eigenvalue weighted by atomic mass is 9.97. The highest BCUT2D eigenvalue weighted by atomic mass is 16.5. The van der Waals surface area contributed by atoms with E-state index < -0.39 is 0 Å². The first kappa shape index (κ1) is 19.5. The van der Waals surface area contributed by atoms with Crippen LogP contribution in [0.25, 0.3) is 0 Å². The Balaban J connectivity index is 1.63. The van der Waals surface area contributed by atoms with E-state index in [1.54, 1.807) is 31.4 Å². The fraction of sp³-hybridized carbons (Fsp3) is 0.381. The van der Waals surface area contributed by atoms with Crippen LogP contribution in [0.3, 0.4) is 0 Å². The molecule has 0 radical (unpaired) electrons. The van der Waals surface area contributed by atoms with Crippen molar-refractivity contribution in [3.05, 3.63) is 47.7 Å². The molecule has 146 valence electrons. The summed E-state index contributed by atoms with van der Waals surface area (Å²) in [6.45, 7) is 2.25. The highest BCUT2D eigenvalue weighted by Gasteiger charge is 2.23. The summed E-state index contributed by atoms with van der Waals surface area (Å²) in [6.07, 6.45) is 2.05. The van der Waals surface area contributed by atoms with Crippen molar-refractivity contribution in [3.63, 3.8) is 0 Å². The van der Waals surface area contributed by atoms with Crippen LogP contribution >= 0.6 is 0 Å². The van der Waals surface area contributed by atoms with Gasteiger partial charge in [-0.2, -0.15) is 5.26 Å². The van der Waals surface area contributed by atoms with Gasteiger partial charge in [0.25, 0.3) is 5.91 Å². The summed E-state index contributed by atoms with van der Waals surface area (Å²) in [6, 6.07) is 12.8. The minimum Gasteiger partial charge on any atom is -0.493 e. The fourth-order valence-corrected chi connectivity index (χ4v) is 3.50. The number of ether oxygens (including phenoxy) is 2. The molecule has 1 aliphatic heterocycles. The average molecular weight is 380 g/mol. The number of para-hydroxylation sites is 1. The van der Waals surface area contributed by atoms with Crippen LogP contribution in [0.5, 0.6) is 11.5 Å². The van der Waals surface area contributed by atoms with Crippen molar-refractivity contribution in [1.82, 2.24) is 10.3 Å². The highest BCUT2D eigenvalue weighted by molar-refractivity contribution is 5.97. The number of nitrogens with one attached hydrogen (secondary N) is 1. The van der Waals surface area contributed by atoms with E-state index in [4.69, 9.17) is 14.7 Å². The normalized spacial score (nSPS) is 16.2. The first-order valence-electron chi connectivity index (χ1n) is 9.27. The summed E-state index contributed by atoms with van der Waals surface area (Å²) in [4.78, 5) is 19.2. The van der Waals surface area contributed by atoms with Gasteiger partial charge in [-0.05, 0) is 43.0 Å². The van der Waals surface area contributed by atoms with Crippen LogP contribution in [0, 0.1) is 17.2 Å². The molecule has 1 atom stereocenters. The lowest BCUT2D eigenvalue weighted by Crippen LogP contribution is -2.41. The summed E-state index contributed by atoms with van der Waals surface area (Å²) in [5.41, 5.74) is 0.871. The Kier molecular flexibility index (Phi) is 6.33. The molecule has 7 nitrogen and oxygen atoms in total. The molecule has 1 N–H and O–H groups in total. The summed E-state index contributed by atoms with van der Waals surface area (Å²) in [5, 5.41) is 12.1. The number of hydrogen-bond donors (Lipinski definition) is 1. The largest absolute Gasteiger partial charge is 0.493 e. The molecule has 1 aromatic carbocycles. The molecular formula is C21H24N4O3. The maximum atomic E-state index is 12.7. The molecular weight excluding hydrogens is 356 g/mol. The van der Waals surface area contributed by atoms with E-state index in [-0.39, 0.29) is 5.91 Å². The molecule has 0 aliphatic carbocycles. The SMILES string of the molecule is COc1cccc(C(=O)NCC2CCCN(c3cccc(C#N)n3)C2)c1OC. The quantitative estimate of drug-likeness (QED) is 0.829. The first-order valence-corrected chi connectivity index (χ1v) is 9.27. The van der Waals surface area contributed by atoms with E-state index in [9.17, 15) is 4.79 Å². The van der Waals surface area contributed by atoms with E-state index in [0.717, 1.165) is 31.7 Å². The van der Waals surface area contributed by atoms with E-state index >= 15 is 0 Å². The van der Waals surface area contributed by atoms with Gasteiger partial charge in [-0.25, -0.2) is 4.98 Å². The number of amides is 1. The van der Waals surface area contributed by atoms with Gasteiger partial charge < -0.3 is 19.7 Å². The van der Waals surface area contributed by atoms with Crippen LogP contribution in [0.1, 0.15) is 28.9 Å². The van der Waals surface area contributed by atoms with E-state index in [1.165, 1.54) is 7.11 Å². The van der Waals surface area contributed by atoms with Gasteiger partial charge in [0.2, 0.25) is 0 Å². The van der Waals surface area contributed by atoms with E-state index in [1.807, 2.05) is 12.1 Å². The Morgan fingerprint density at radius 3 is 2.86 bits per heavy atom. The highest BCUT2D eigenvalue weighted by Crippen LogP contribution is 2.30. The number of methoxy groups -OCH3 is 2. The van der Waals surface area contributed by atoms with Crippen molar-refractivity contribution < 1.29 is 14.3 Å². The molecule has 1 unspecified atom stereocenters. The Labute approximate surface area is 164 Å². The minimum atomic E-state index is -0.183. The van der Waals surface area contributed by atoms with Gasteiger partial charge in [-0.1, -0.05) is 12.1 Å². The van der Waals surface area contributed by atoms with E-state index in [2.05, 4.69) is 21.3 Å². The lowest BCUT2D eigenvalue weighted by Gasteiger charge is -2.33. The van der Waals surface area contributed by atoms with Gasteiger partial charge in [0.05, 0.1) is 19.8 Å². The topological polar surface area (TPSA) is 87.5 Å². The number of aromatic nitrogens is 1. The molecule has 0 saturated carbocycles. The fourth-order valence-electron chi connectivity index (χ4n) is 3.50. The van der Waals surface area contributed by atoms with Crippen LogP contribution in [0.15, 0.2) is 36.4 Å². The van der Waals surface area contributed by atoms with Crippen LogP contribution in [0.4, 0.5) is 5.82 Å². The predicted octanol–water partition coefficient (Wildman–Crippen LogP) is 2.62. The smallest absolute Gasteiger partial charge is 0.255 e. The van der Waals surface area contributed by atoms with Gasteiger partial charge in [-0.3, -0.25) is 4.79 Å². The third kappa shape index (κ3) is 4.34. The van der Waals surface area contributed by atoms with E-state index in [0.29, 0.717) is 35.2 Å². The van der Waals surface area contributed by atoms with Crippen molar-refractivity contribution in [2.24, 2.45) is 5.92 Å². The van der Waals surface area contributed by atoms with Gasteiger partial charge in [0.15, 0.2) is 11.5 Å². The van der Waals surface area contributed by atoms with Crippen molar-refractivity contribution >= 4 is 11.7 Å². The lowest BCUT2D eigenvalue weighted by molar-refractivity contribution is 0.0942. The second kappa shape index (κ2) is 9.09. The molecule has 2 heterocycles. The number of benzene rings is 1. The van der Waals surface area contributed by atoms with Crippen molar-refractivity contribution in [2.75, 3.05) is 38.8 Å². The van der Waals surface area contributed by atoms with Crippen LogP contribution in [-0.2, 0) is 0 Å². The van der Waals surface area contributed by atoms with Crippen molar-refractivity contribution in [1.29, 1.82) is 5.26 Å². The third-order valence-electron chi connectivity index (χ3n) is 4.89. The molecule has 1 amide bonds. The van der Waals surface area contributed by atoms with Crippen LogP contribution in [-0.4, -0.2) is 44.7 Å². The molecule has 7 heteroatoms. The zero-order valence-electron chi connectivity index (χ0n) is 16.1. The molecule has 2 aromatic rings. The molecule has 0 spiro atoms. The number of carbonyl (C=O) groups is 1. The molecule has 3 rings (SSSR count). The molecule has 28 heavy (non-hydrogen) atoms.